The Bertz CT molecular complexity index is 223. The van der Waals surface area contributed by atoms with E-state index in [0.29, 0.717) is 24.1 Å². The first kappa shape index (κ1) is 9.00. The lowest BCUT2D eigenvalue weighted by molar-refractivity contribution is 0.592. The van der Waals surface area contributed by atoms with E-state index in [2.05, 4.69) is 0 Å². The lowest BCUT2D eigenvalue weighted by Crippen LogP contribution is -2.06. The highest BCUT2D eigenvalue weighted by Gasteiger charge is 2.35. The number of hydrogen-bond donors (Lipinski definition) is 1. The molecule has 1 fully saturated rings. The summed E-state index contributed by atoms with van der Waals surface area (Å²) in [5.41, 5.74) is 5.41. The van der Waals surface area contributed by atoms with Crippen molar-refractivity contribution in [1.82, 2.24) is 0 Å². The molecule has 0 aliphatic heterocycles. The highest BCUT2D eigenvalue weighted by Crippen LogP contribution is 2.40. The smallest absolute Gasteiger partial charge is 0.147 e. The van der Waals surface area contributed by atoms with E-state index in [1.807, 2.05) is 0 Å². The van der Waals surface area contributed by atoms with E-state index >= 15 is 0 Å². The molecule has 0 saturated heterocycles. The zero-order valence-corrected chi connectivity index (χ0v) is 7.60. The third-order valence-electron chi connectivity index (χ3n) is 2.23. The van der Waals surface area contributed by atoms with Gasteiger partial charge < -0.3 is 5.73 Å². The second kappa shape index (κ2) is 3.11. The van der Waals surface area contributed by atoms with Crippen LogP contribution in [0.4, 0.5) is 0 Å². The van der Waals surface area contributed by atoms with Crippen LogP contribution in [0.15, 0.2) is 0 Å². The molecular formula is C7H15NO2S. The summed E-state index contributed by atoms with van der Waals surface area (Å²) in [7, 11) is -2.75. The van der Waals surface area contributed by atoms with Crippen molar-refractivity contribution < 1.29 is 8.42 Å². The van der Waals surface area contributed by atoms with Gasteiger partial charge in [0.1, 0.15) is 9.84 Å². The highest BCUT2D eigenvalue weighted by molar-refractivity contribution is 7.90. The zero-order chi connectivity index (χ0) is 8.48. The van der Waals surface area contributed by atoms with Gasteiger partial charge in [0.2, 0.25) is 0 Å². The van der Waals surface area contributed by atoms with Gasteiger partial charge in [-0.1, -0.05) is 0 Å². The summed E-state index contributed by atoms with van der Waals surface area (Å²) in [5.74, 6) is 1.53. The molecule has 0 aromatic heterocycles. The lowest BCUT2D eigenvalue weighted by atomic mass is 10.2. The van der Waals surface area contributed by atoms with Crippen molar-refractivity contribution in [3.05, 3.63) is 0 Å². The molecule has 11 heavy (non-hydrogen) atoms. The van der Waals surface area contributed by atoms with Crippen LogP contribution in [0.2, 0.25) is 0 Å². The van der Waals surface area contributed by atoms with Crippen LogP contribution in [0.25, 0.3) is 0 Å². The van der Waals surface area contributed by atoms with Crippen LogP contribution in [0.5, 0.6) is 0 Å². The van der Waals surface area contributed by atoms with E-state index in [0.717, 1.165) is 12.8 Å². The van der Waals surface area contributed by atoms with Crippen LogP contribution < -0.4 is 5.73 Å². The average molecular weight is 177 g/mol. The fourth-order valence-electron chi connectivity index (χ4n) is 1.32. The van der Waals surface area contributed by atoms with Gasteiger partial charge in [-0.3, -0.25) is 0 Å². The fraction of sp³-hybridized carbons (Fsp3) is 1.00. The van der Waals surface area contributed by atoms with Crippen LogP contribution in [-0.2, 0) is 9.84 Å². The third-order valence-corrected chi connectivity index (χ3v) is 3.21. The molecule has 0 bridgehead atoms. The molecule has 0 amide bonds. The maximum atomic E-state index is 10.7. The van der Waals surface area contributed by atoms with Gasteiger partial charge in [-0.25, -0.2) is 8.42 Å². The summed E-state index contributed by atoms with van der Waals surface area (Å²) < 4.78 is 21.5. The molecule has 0 unspecified atom stereocenters. The molecule has 0 spiro atoms. The molecular weight excluding hydrogens is 162 g/mol. The van der Waals surface area contributed by atoms with E-state index in [9.17, 15) is 8.42 Å². The summed E-state index contributed by atoms with van der Waals surface area (Å²) in [6.45, 7) is 0.717. The number of hydrogen-bond acceptors (Lipinski definition) is 3. The molecule has 1 rings (SSSR count). The molecule has 1 saturated carbocycles. The summed E-state index contributed by atoms with van der Waals surface area (Å²) in [4.78, 5) is 0. The Balaban J connectivity index is 2.16. The van der Waals surface area contributed by atoms with Gasteiger partial charge in [-0.15, -0.1) is 0 Å². The topological polar surface area (TPSA) is 60.2 Å². The molecule has 4 heteroatoms. The van der Waals surface area contributed by atoms with Crippen LogP contribution >= 0.6 is 0 Å². The Labute approximate surface area is 67.9 Å². The van der Waals surface area contributed by atoms with E-state index in [4.69, 9.17) is 5.73 Å². The number of sulfone groups is 1. The standard InChI is InChI=1S/C7H15NO2S/c1-11(9,10)3-2-6-4-7(6)5-8/h6-7H,2-5,8H2,1H3/t6-,7+/m1/s1. The molecule has 2 atom stereocenters. The Morgan fingerprint density at radius 2 is 2.09 bits per heavy atom. The van der Waals surface area contributed by atoms with Gasteiger partial charge in [0.05, 0.1) is 5.75 Å². The largest absolute Gasteiger partial charge is 0.330 e. The third kappa shape index (κ3) is 3.20. The van der Waals surface area contributed by atoms with Crippen molar-refractivity contribution in [3.8, 4) is 0 Å². The van der Waals surface area contributed by atoms with E-state index < -0.39 is 9.84 Å². The van der Waals surface area contributed by atoms with E-state index in [1.54, 1.807) is 0 Å². The van der Waals surface area contributed by atoms with Gasteiger partial charge in [-0.05, 0) is 31.2 Å². The van der Waals surface area contributed by atoms with Gasteiger partial charge in [-0.2, -0.15) is 0 Å². The minimum Gasteiger partial charge on any atom is -0.330 e. The van der Waals surface area contributed by atoms with Crippen molar-refractivity contribution >= 4 is 9.84 Å². The monoisotopic (exact) mass is 177 g/mol. The first-order valence-corrected chi connectivity index (χ1v) is 5.97. The minimum absolute atomic E-state index is 0.328. The summed E-state index contributed by atoms with van der Waals surface area (Å²) in [5, 5.41) is 0. The van der Waals surface area contributed by atoms with Gasteiger partial charge in [0.25, 0.3) is 0 Å². The zero-order valence-electron chi connectivity index (χ0n) is 6.79. The van der Waals surface area contributed by atoms with Crippen molar-refractivity contribution in [1.29, 1.82) is 0 Å². The number of rotatable bonds is 4. The molecule has 1 aliphatic carbocycles. The Kier molecular flexibility index (Phi) is 2.54. The minimum atomic E-state index is -2.75. The Morgan fingerprint density at radius 1 is 1.45 bits per heavy atom. The molecule has 0 aromatic carbocycles. The van der Waals surface area contributed by atoms with E-state index in [1.165, 1.54) is 6.26 Å². The van der Waals surface area contributed by atoms with Crippen molar-refractivity contribution in [2.75, 3.05) is 18.6 Å². The highest BCUT2D eigenvalue weighted by atomic mass is 32.2. The van der Waals surface area contributed by atoms with Crippen LogP contribution in [0.1, 0.15) is 12.8 Å². The quantitative estimate of drug-likeness (QED) is 0.658. The molecule has 0 heterocycles. The summed E-state index contributed by atoms with van der Waals surface area (Å²) in [6, 6.07) is 0. The lowest BCUT2D eigenvalue weighted by Gasteiger charge is -1.96. The predicted molar refractivity (Wildman–Crippen MR) is 45.0 cm³/mol. The first-order valence-electron chi connectivity index (χ1n) is 3.90. The predicted octanol–water partition coefficient (Wildman–Crippen LogP) is 0.0159. The maximum absolute atomic E-state index is 10.7. The SMILES string of the molecule is CS(=O)(=O)CC[C@@H]1C[C@H]1CN. The molecule has 0 aromatic rings. The second-order valence-electron chi connectivity index (χ2n) is 3.41. The van der Waals surface area contributed by atoms with Crippen molar-refractivity contribution in [3.63, 3.8) is 0 Å². The first-order chi connectivity index (χ1) is 5.03. The van der Waals surface area contributed by atoms with Crippen molar-refractivity contribution in [2.24, 2.45) is 17.6 Å². The summed E-state index contributed by atoms with van der Waals surface area (Å²) >= 11 is 0. The maximum Gasteiger partial charge on any atom is 0.147 e. The second-order valence-corrected chi connectivity index (χ2v) is 5.67. The molecule has 1 aliphatic rings. The van der Waals surface area contributed by atoms with Crippen LogP contribution in [-0.4, -0.2) is 27.0 Å². The number of nitrogens with two attached hydrogens (primary N) is 1. The summed E-state index contributed by atoms with van der Waals surface area (Å²) in [6.07, 6.45) is 3.22. The molecule has 66 valence electrons. The molecule has 2 N–H and O–H groups in total. The van der Waals surface area contributed by atoms with E-state index in [-0.39, 0.29) is 0 Å². The molecule has 3 nitrogen and oxygen atoms in total. The molecule has 0 radical (unpaired) electrons. The van der Waals surface area contributed by atoms with Crippen molar-refractivity contribution in [2.45, 2.75) is 12.8 Å². The van der Waals surface area contributed by atoms with Gasteiger partial charge >= 0.3 is 0 Å². The fourth-order valence-corrected chi connectivity index (χ4v) is 2.05. The van der Waals surface area contributed by atoms with Gasteiger partial charge in [0.15, 0.2) is 0 Å². The van der Waals surface area contributed by atoms with Crippen LogP contribution in [0, 0.1) is 11.8 Å². The average Bonchev–Trinajstić information content (AvgIpc) is 2.60. The normalized spacial score (nSPS) is 30.4. The Hall–Kier alpha value is -0.0900. The van der Waals surface area contributed by atoms with Gasteiger partial charge in [0, 0.05) is 6.26 Å². The Morgan fingerprint density at radius 3 is 2.45 bits per heavy atom. The van der Waals surface area contributed by atoms with Crippen LogP contribution in [0.3, 0.4) is 0 Å².